The summed E-state index contributed by atoms with van der Waals surface area (Å²) in [6.45, 7) is 5.00. The number of hydrogen-bond acceptors (Lipinski definition) is 2. The Hall–Kier alpha value is -1.32. The Labute approximate surface area is 77.2 Å². The number of carboxylic acid groups (broad SMARTS) is 1. The highest BCUT2D eigenvalue weighted by Crippen LogP contribution is 2.05. The number of rotatable bonds is 4. The van der Waals surface area contributed by atoms with E-state index in [2.05, 4.69) is 18.8 Å². The van der Waals surface area contributed by atoms with Crippen LogP contribution in [0.4, 0.5) is 0 Å². The van der Waals surface area contributed by atoms with Gasteiger partial charge in [-0.3, -0.25) is 4.79 Å². The lowest BCUT2D eigenvalue weighted by atomic mass is 10.2. The van der Waals surface area contributed by atoms with Crippen LogP contribution < -0.4 is 0 Å². The van der Waals surface area contributed by atoms with E-state index < -0.39 is 5.97 Å². The van der Waals surface area contributed by atoms with Crippen LogP contribution in [-0.4, -0.2) is 20.6 Å². The molecule has 72 valence electrons. The van der Waals surface area contributed by atoms with E-state index in [0.717, 1.165) is 12.2 Å². The van der Waals surface area contributed by atoms with E-state index in [1.165, 1.54) is 0 Å². The van der Waals surface area contributed by atoms with Gasteiger partial charge in [0.2, 0.25) is 0 Å². The molecule has 0 bridgehead atoms. The molecule has 0 saturated carbocycles. The van der Waals surface area contributed by atoms with Crippen molar-refractivity contribution in [2.75, 3.05) is 0 Å². The molecule has 0 aliphatic carbocycles. The first kappa shape index (κ1) is 9.77. The molecule has 4 nitrogen and oxygen atoms in total. The first-order chi connectivity index (χ1) is 6.09. The number of hydrogen-bond donors (Lipinski definition) is 1. The van der Waals surface area contributed by atoms with E-state index in [-0.39, 0.29) is 6.42 Å². The summed E-state index contributed by atoms with van der Waals surface area (Å²) in [5.41, 5.74) is 0.765. The molecule has 1 aromatic heterocycles. The van der Waals surface area contributed by atoms with Crippen molar-refractivity contribution in [3.05, 3.63) is 18.2 Å². The van der Waals surface area contributed by atoms with E-state index in [0.29, 0.717) is 5.92 Å². The van der Waals surface area contributed by atoms with Crippen molar-refractivity contribution >= 4 is 5.97 Å². The molecule has 0 aliphatic heterocycles. The average Bonchev–Trinajstić information content (AvgIpc) is 2.34. The Kier molecular flexibility index (Phi) is 3.06. The van der Waals surface area contributed by atoms with E-state index in [9.17, 15) is 4.79 Å². The number of imidazole rings is 1. The number of carboxylic acids is 1. The normalized spacial score (nSPS) is 10.7. The Balaban J connectivity index is 2.71. The van der Waals surface area contributed by atoms with Crippen molar-refractivity contribution in [2.24, 2.45) is 5.92 Å². The number of aromatic nitrogens is 2. The molecule has 0 atom stereocenters. The molecule has 4 heteroatoms. The molecule has 0 aliphatic rings. The summed E-state index contributed by atoms with van der Waals surface area (Å²) in [6.07, 6.45) is 3.33. The zero-order chi connectivity index (χ0) is 9.84. The maximum absolute atomic E-state index is 10.5. The highest BCUT2D eigenvalue weighted by Gasteiger charge is 2.07. The second-order valence-corrected chi connectivity index (χ2v) is 3.50. The summed E-state index contributed by atoms with van der Waals surface area (Å²) >= 11 is 0. The van der Waals surface area contributed by atoms with Gasteiger partial charge in [0.05, 0.1) is 12.7 Å². The maximum atomic E-state index is 10.5. The third-order valence-corrected chi connectivity index (χ3v) is 1.69. The van der Waals surface area contributed by atoms with Crippen LogP contribution in [0.1, 0.15) is 19.5 Å². The Morgan fingerprint density at radius 2 is 2.38 bits per heavy atom. The van der Waals surface area contributed by atoms with E-state index in [1.54, 1.807) is 12.5 Å². The van der Waals surface area contributed by atoms with Gasteiger partial charge in [-0.25, -0.2) is 4.98 Å². The molecule has 1 aromatic rings. The summed E-state index contributed by atoms with van der Waals surface area (Å²) in [4.78, 5) is 14.4. The van der Waals surface area contributed by atoms with Gasteiger partial charge >= 0.3 is 5.97 Å². The fraction of sp³-hybridized carbons (Fsp3) is 0.556. The predicted molar refractivity (Wildman–Crippen MR) is 48.4 cm³/mol. The van der Waals surface area contributed by atoms with Gasteiger partial charge in [-0.1, -0.05) is 13.8 Å². The van der Waals surface area contributed by atoms with Gasteiger partial charge in [0.1, 0.15) is 0 Å². The van der Waals surface area contributed by atoms with Crippen LogP contribution in [0.25, 0.3) is 0 Å². The third kappa shape index (κ3) is 2.89. The molecule has 1 heterocycles. The summed E-state index contributed by atoms with van der Waals surface area (Å²) in [5, 5.41) is 8.60. The Bertz CT molecular complexity index is 292. The molecule has 0 fully saturated rings. The lowest BCUT2D eigenvalue weighted by Crippen LogP contribution is -2.10. The SMILES string of the molecule is CC(C)Cn1cncc1CC(=O)O. The second kappa shape index (κ2) is 4.07. The van der Waals surface area contributed by atoms with Crippen LogP contribution in [0.5, 0.6) is 0 Å². The van der Waals surface area contributed by atoms with E-state index in [1.807, 2.05) is 4.57 Å². The minimum atomic E-state index is -0.814. The topological polar surface area (TPSA) is 55.1 Å². The first-order valence-corrected chi connectivity index (χ1v) is 4.30. The summed E-state index contributed by atoms with van der Waals surface area (Å²) in [5.74, 6) is -0.313. The van der Waals surface area contributed by atoms with Crippen molar-refractivity contribution < 1.29 is 9.90 Å². The Morgan fingerprint density at radius 3 is 2.92 bits per heavy atom. The first-order valence-electron chi connectivity index (χ1n) is 4.30. The largest absolute Gasteiger partial charge is 0.481 e. The van der Waals surface area contributed by atoms with Gasteiger partial charge in [-0.05, 0) is 5.92 Å². The number of carbonyl (C=O) groups is 1. The molecule has 13 heavy (non-hydrogen) atoms. The maximum Gasteiger partial charge on any atom is 0.309 e. The predicted octanol–water partition coefficient (Wildman–Crippen LogP) is 1.17. The van der Waals surface area contributed by atoms with Crippen molar-refractivity contribution in [3.63, 3.8) is 0 Å². The van der Waals surface area contributed by atoms with Gasteiger partial charge in [0.25, 0.3) is 0 Å². The highest BCUT2D eigenvalue weighted by atomic mass is 16.4. The quantitative estimate of drug-likeness (QED) is 0.760. The monoisotopic (exact) mass is 182 g/mol. The number of aliphatic carboxylic acids is 1. The summed E-state index contributed by atoms with van der Waals surface area (Å²) in [7, 11) is 0. The molecule has 0 saturated heterocycles. The van der Waals surface area contributed by atoms with Gasteiger partial charge in [0.15, 0.2) is 0 Å². The lowest BCUT2D eigenvalue weighted by molar-refractivity contribution is -0.136. The van der Waals surface area contributed by atoms with E-state index >= 15 is 0 Å². The lowest BCUT2D eigenvalue weighted by Gasteiger charge is -2.08. The molecule has 0 amide bonds. The molecule has 0 radical (unpaired) electrons. The van der Waals surface area contributed by atoms with Crippen LogP contribution in [0.15, 0.2) is 12.5 Å². The third-order valence-electron chi connectivity index (χ3n) is 1.69. The molecular formula is C9H14N2O2. The van der Waals surface area contributed by atoms with Crippen LogP contribution in [0.3, 0.4) is 0 Å². The van der Waals surface area contributed by atoms with Crippen molar-refractivity contribution in [1.29, 1.82) is 0 Å². The van der Waals surface area contributed by atoms with Crippen LogP contribution in [0.2, 0.25) is 0 Å². The average molecular weight is 182 g/mol. The minimum absolute atomic E-state index is 0.0483. The van der Waals surface area contributed by atoms with E-state index in [4.69, 9.17) is 5.11 Å². The summed E-state index contributed by atoms with van der Waals surface area (Å²) in [6, 6.07) is 0. The number of nitrogens with zero attached hydrogens (tertiary/aromatic N) is 2. The fourth-order valence-electron chi connectivity index (χ4n) is 1.21. The molecule has 0 aromatic carbocycles. The standard InChI is InChI=1S/C9H14N2O2/c1-7(2)5-11-6-10-4-8(11)3-9(12)13/h4,6-7H,3,5H2,1-2H3,(H,12,13). The van der Waals surface area contributed by atoms with Crippen molar-refractivity contribution in [2.45, 2.75) is 26.8 Å². The smallest absolute Gasteiger partial charge is 0.309 e. The molecule has 0 unspecified atom stereocenters. The van der Waals surface area contributed by atoms with Crippen LogP contribution in [0, 0.1) is 5.92 Å². The summed E-state index contributed by atoms with van der Waals surface area (Å²) < 4.78 is 1.89. The van der Waals surface area contributed by atoms with Gasteiger partial charge in [-0.15, -0.1) is 0 Å². The second-order valence-electron chi connectivity index (χ2n) is 3.50. The molecule has 1 rings (SSSR count). The van der Waals surface area contributed by atoms with Crippen LogP contribution >= 0.6 is 0 Å². The van der Waals surface area contributed by atoms with Gasteiger partial charge in [-0.2, -0.15) is 0 Å². The molecule has 1 N–H and O–H groups in total. The molecule has 0 spiro atoms. The van der Waals surface area contributed by atoms with Gasteiger partial charge in [0, 0.05) is 18.4 Å². The zero-order valence-corrected chi connectivity index (χ0v) is 7.90. The van der Waals surface area contributed by atoms with Crippen molar-refractivity contribution in [3.8, 4) is 0 Å². The zero-order valence-electron chi connectivity index (χ0n) is 7.90. The van der Waals surface area contributed by atoms with Crippen molar-refractivity contribution in [1.82, 2.24) is 9.55 Å². The minimum Gasteiger partial charge on any atom is -0.481 e. The van der Waals surface area contributed by atoms with Crippen LogP contribution in [-0.2, 0) is 17.8 Å². The fourth-order valence-corrected chi connectivity index (χ4v) is 1.21. The molecular weight excluding hydrogens is 168 g/mol. The highest BCUT2D eigenvalue weighted by molar-refractivity contribution is 5.69. The Morgan fingerprint density at radius 1 is 1.69 bits per heavy atom. The van der Waals surface area contributed by atoms with Gasteiger partial charge < -0.3 is 9.67 Å².